The summed E-state index contributed by atoms with van der Waals surface area (Å²) in [6, 6.07) is 4.14. The van der Waals surface area contributed by atoms with Crippen LogP contribution in [-0.4, -0.2) is 55.1 Å². The number of rotatable bonds is 4. The fourth-order valence-corrected chi connectivity index (χ4v) is 3.38. The van der Waals surface area contributed by atoms with Crippen molar-refractivity contribution in [2.24, 2.45) is 0 Å². The number of hydrogen-bond donors (Lipinski definition) is 2. The number of hydrogen-bond acceptors (Lipinski definition) is 4. The van der Waals surface area contributed by atoms with E-state index in [1.165, 1.54) is 12.1 Å². The molecule has 3 rings (SSSR count). The predicted octanol–water partition coefficient (Wildman–Crippen LogP) is 1.48. The topological polar surface area (TPSA) is 70.7 Å². The van der Waals surface area contributed by atoms with Crippen LogP contribution < -0.4 is 10.6 Å². The fraction of sp³-hybridized carbons (Fsp3) is 0.556. The minimum absolute atomic E-state index is 0.0719. The number of ether oxygens (including phenoxy) is 1. The first kappa shape index (κ1) is 17.8. The summed E-state index contributed by atoms with van der Waals surface area (Å²) in [6.45, 7) is 7.68. The third-order valence-electron chi connectivity index (χ3n) is 4.93. The van der Waals surface area contributed by atoms with Gasteiger partial charge in [0.25, 0.3) is 0 Å². The number of fused-ring (bicyclic) bond motifs is 1. The number of halogens is 1. The number of amides is 2. The van der Waals surface area contributed by atoms with E-state index in [1.54, 1.807) is 6.07 Å². The summed E-state index contributed by atoms with van der Waals surface area (Å²) < 4.78 is 18.8. The van der Waals surface area contributed by atoms with Crippen molar-refractivity contribution in [3.8, 4) is 0 Å². The Labute approximate surface area is 146 Å². The second kappa shape index (κ2) is 7.09. The molecule has 136 valence electrons. The Hall–Kier alpha value is -1.99. The van der Waals surface area contributed by atoms with Gasteiger partial charge in [-0.1, -0.05) is 6.07 Å². The summed E-state index contributed by atoms with van der Waals surface area (Å²) in [5.74, 6) is -1.51. The first-order valence-corrected chi connectivity index (χ1v) is 8.56. The standard InChI is InChI=1S/C18H24FN3O3/c1-18(2,22-5-7-25-8-6-22)11-20-17(24)14-10-16(23)21-15-9-12(19)3-4-13(14)15/h3-4,9,14H,5-8,10-11H2,1-2H3,(H,20,24)(H,21,23)/t14-/m0/s1. The van der Waals surface area contributed by atoms with E-state index < -0.39 is 11.7 Å². The molecule has 25 heavy (non-hydrogen) atoms. The van der Waals surface area contributed by atoms with Crippen molar-refractivity contribution in [3.63, 3.8) is 0 Å². The van der Waals surface area contributed by atoms with Crippen LogP contribution in [0.15, 0.2) is 18.2 Å². The summed E-state index contributed by atoms with van der Waals surface area (Å²) >= 11 is 0. The van der Waals surface area contributed by atoms with E-state index in [9.17, 15) is 14.0 Å². The van der Waals surface area contributed by atoms with Crippen molar-refractivity contribution in [1.29, 1.82) is 0 Å². The maximum absolute atomic E-state index is 13.4. The van der Waals surface area contributed by atoms with Gasteiger partial charge in [-0.15, -0.1) is 0 Å². The molecule has 7 heteroatoms. The molecule has 2 amide bonds. The van der Waals surface area contributed by atoms with E-state index >= 15 is 0 Å². The minimum atomic E-state index is -0.593. The highest BCUT2D eigenvalue weighted by atomic mass is 19.1. The number of carbonyl (C=O) groups excluding carboxylic acids is 2. The number of morpholine rings is 1. The highest BCUT2D eigenvalue weighted by Crippen LogP contribution is 2.33. The molecule has 1 aromatic rings. The van der Waals surface area contributed by atoms with Crippen LogP contribution in [-0.2, 0) is 14.3 Å². The molecule has 1 fully saturated rings. The lowest BCUT2D eigenvalue weighted by Crippen LogP contribution is -2.55. The molecule has 0 aliphatic carbocycles. The van der Waals surface area contributed by atoms with Crippen molar-refractivity contribution in [2.45, 2.75) is 31.7 Å². The Morgan fingerprint density at radius 2 is 2.12 bits per heavy atom. The van der Waals surface area contributed by atoms with Crippen LogP contribution in [0, 0.1) is 5.82 Å². The number of benzene rings is 1. The molecule has 0 saturated carbocycles. The summed E-state index contributed by atoms with van der Waals surface area (Å²) in [6.07, 6.45) is 0.0719. The van der Waals surface area contributed by atoms with E-state index in [0.717, 1.165) is 13.1 Å². The Morgan fingerprint density at radius 3 is 2.84 bits per heavy atom. The quantitative estimate of drug-likeness (QED) is 0.864. The molecule has 2 heterocycles. The van der Waals surface area contributed by atoms with Gasteiger partial charge in [0.05, 0.1) is 19.1 Å². The van der Waals surface area contributed by atoms with Crippen LogP contribution >= 0.6 is 0 Å². The molecule has 0 unspecified atom stereocenters. The zero-order valence-electron chi connectivity index (χ0n) is 14.6. The Morgan fingerprint density at radius 1 is 1.40 bits per heavy atom. The van der Waals surface area contributed by atoms with Gasteiger partial charge >= 0.3 is 0 Å². The molecule has 1 saturated heterocycles. The fourth-order valence-electron chi connectivity index (χ4n) is 3.38. The van der Waals surface area contributed by atoms with Gasteiger partial charge < -0.3 is 15.4 Å². The predicted molar refractivity (Wildman–Crippen MR) is 91.9 cm³/mol. The normalized spacial score (nSPS) is 21.4. The Kier molecular flexibility index (Phi) is 5.06. The third kappa shape index (κ3) is 3.99. The second-order valence-corrected chi connectivity index (χ2v) is 7.17. The summed E-state index contributed by atoms with van der Waals surface area (Å²) in [5, 5.41) is 5.60. The van der Waals surface area contributed by atoms with Crippen molar-refractivity contribution in [2.75, 3.05) is 38.2 Å². The smallest absolute Gasteiger partial charge is 0.228 e. The largest absolute Gasteiger partial charge is 0.379 e. The highest BCUT2D eigenvalue weighted by Gasteiger charge is 2.33. The van der Waals surface area contributed by atoms with Gasteiger partial charge in [0.15, 0.2) is 0 Å². The maximum atomic E-state index is 13.4. The molecule has 2 N–H and O–H groups in total. The van der Waals surface area contributed by atoms with Crippen LogP contribution in [0.25, 0.3) is 0 Å². The van der Waals surface area contributed by atoms with Crippen LogP contribution in [0.2, 0.25) is 0 Å². The molecule has 1 aromatic carbocycles. The summed E-state index contributed by atoms with van der Waals surface area (Å²) in [4.78, 5) is 26.8. The van der Waals surface area contributed by atoms with E-state index in [-0.39, 0.29) is 23.8 Å². The second-order valence-electron chi connectivity index (χ2n) is 7.17. The lowest BCUT2D eigenvalue weighted by molar-refractivity contribution is -0.126. The lowest BCUT2D eigenvalue weighted by Gasteiger charge is -2.41. The number of anilines is 1. The van der Waals surface area contributed by atoms with Gasteiger partial charge in [-0.3, -0.25) is 14.5 Å². The molecule has 2 aliphatic heterocycles. The molecule has 6 nitrogen and oxygen atoms in total. The average molecular weight is 349 g/mol. The van der Waals surface area contributed by atoms with E-state index in [1.807, 2.05) is 0 Å². The van der Waals surface area contributed by atoms with Crippen molar-refractivity contribution in [1.82, 2.24) is 10.2 Å². The first-order valence-electron chi connectivity index (χ1n) is 8.56. The van der Waals surface area contributed by atoms with Gasteiger partial charge in [-0.05, 0) is 31.5 Å². The van der Waals surface area contributed by atoms with Gasteiger partial charge in [-0.2, -0.15) is 0 Å². The van der Waals surface area contributed by atoms with E-state index in [4.69, 9.17) is 4.74 Å². The van der Waals surface area contributed by atoms with E-state index in [2.05, 4.69) is 29.4 Å². The van der Waals surface area contributed by atoms with Crippen LogP contribution in [0.5, 0.6) is 0 Å². The number of nitrogens with one attached hydrogen (secondary N) is 2. The maximum Gasteiger partial charge on any atom is 0.228 e. The molecule has 0 spiro atoms. The SMILES string of the molecule is CC(C)(CNC(=O)[C@H]1CC(=O)Nc2cc(F)ccc21)N1CCOCC1. The van der Waals surface area contributed by atoms with Crippen molar-refractivity contribution < 1.29 is 18.7 Å². The molecule has 0 aromatic heterocycles. The average Bonchev–Trinajstić information content (AvgIpc) is 2.59. The summed E-state index contributed by atoms with van der Waals surface area (Å²) in [5.41, 5.74) is 0.827. The first-order chi connectivity index (χ1) is 11.9. The van der Waals surface area contributed by atoms with Crippen LogP contribution in [0.1, 0.15) is 31.7 Å². The van der Waals surface area contributed by atoms with Crippen LogP contribution in [0.4, 0.5) is 10.1 Å². The Bertz CT molecular complexity index is 672. The zero-order valence-corrected chi connectivity index (χ0v) is 14.6. The zero-order chi connectivity index (χ0) is 18.0. The van der Waals surface area contributed by atoms with Gasteiger partial charge in [0.2, 0.25) is 11.8 Å². The van der Waals surface area contributed by atoms with Gasteiger partial charge in [-0.25, -0.2) is 4.39 Å². The van der Waals surface area contributed by atoms with Crippen molar-refractivity contribution in [3.05, 3.63) is 29.6 Å². The third-order valence-corrected chi connectivity index (χ3v) is 4.93. The van der Waals surface area contributed by atoms with Crippen LogP contribution in [0.3, 0.4) is 0 Å². The molecular formula is C18H24FN3O3. The molecule has 0 bridgehead atoms. The van der Waals surface area contributed by atoms with Gasteiger partial charge in [0.1, 0.15) is 5.82 Å². The van der Waals surface area contributed by atoms with Crippen molar-refractivity contribution >= 4 is 17.5 Å². The number of carbonyl (C=O) groups is 2. The highest BCUT2D eigenvalue weighted by molar-refractivity contribution is 6.01. The van der Waals surface area contributed by atoms with E-state index in [0.29, 0.717) is 31.0 Å². The minimum Gasteiger partial charge on any atom is -0.379 e. The lowest BCUT2D eigenvalue weighted by atomic mass is 9.89. The molecular weight excluding hydrogens is 325 g/mol. The molecule has 1 atom stereocenters. The summed E-state index contributed by atoms with van der Waals surface area (Å²) in [7, 11) is 0. The van der Waals surface area contributed by atoms with Gasteiger partial charge in [0, 0.05) is 37.3 Å². The molecule has 0 radical (unpaired) electrons. The molecule has 2 aliphatic rings. The number of nitrogens with zero attached hydrogens (tertiary/aromatic N) is 1. The monoisotopic (exact) mass is 349 g/mol. The Balaban J connectivity index is 1.68.